The van der Waals surface area contributed by atoms with Gasteiger partial charge in [-0.1, -0.05) is 36.2 Å². The minimum atomic E-state index is -0.117. The van der Waals surface area contributed by atoms with E-state index in [0.717, 1.165) is 51.7 Å². The highest BCUT2D eigenvalue weighted by atomic mass is 35.5. The molecule has 4 rings (SSSR count). The van der Waals surface area contributed by atoms with Crippen LogP contribution in [0.3, 0.4) is 0 Å². The third-order valence-corrected chi connectivity index (χ3v) is 5.98. The van der Waals surface area contributed by atoms with Gasteiger partial charge in [-0.05, 0) is 49.7 Å². The minimum absolute atomic E-state index is 0.00252. The van der Waals surface area contributed by atoms with Crippen LogP contribution in [-0.4, -0.2) is 37.7 Å². The van der Waals surface area contributed by atoms with E-state index in [1.165, 1.54) is 5.69 Å². The first kappa shape index (κ1) is 20.0. The van der Waals surface area contributed by atoms with Crippen molar-refractivity contribution in [1.29, 1.82) is 0 Å². The maximum Gasteiger partial charge on any atom is 0.241 e. The number of hydrogen-bond acceptors (Lipinski definition) is 4. The van der Waals surface area contributed by atoms with Gasteiger partial charge in [-0.2, -0.15) is 0 Å². The van der Waals surface area contributed by atoms with Crippen LogP contribution >= 0.6 is 11.6 Å². The molecule has 0 radical (unpaired) electrons. The topological polar surface area (TPSA) is 53.6 Å². The molecule has 0 aromatic heterocycles. The van der Waals surface area contributed by atoms with Crippen molar-refractivity contribution >= 4 is 28.9 Å². The highest BCUT2D eigenvalue weighted by Crippen LogP contribution is 2.31. The number of nitrogens with zero attached hydrogens (tertiary/aromatic N) is 1. The van der Waals surface area contributed by atoms with Crippen molar-refractivity contribution in [3.63, 3.8) is 0 Å². The second-order valence-electron chi connectivity index (χ2n) is 7.78. The van der Waals surface area contributed by atoms with Crippen molar-refractivity contribution in [2.45, 2.75) is 44.2 Å². The zero-order valence-electron chi connectivity index (χ0n) is 16.6. The van der Waals surface area contributed by atoms with Crippen LogP contribution in [0.25, 0.3) is 0 Å². The van der Waals surface area contributed by atoms with E-state index >= 15 is 0 Å². The third-order valence-electron chi connectivity index (χ3n) is 5.68. The molecule has 0 unspecified atom stereocenters. The fourth-order valence-electron chi connectivity index (χ4n) is 4.03. The lowest BCUT2D eigenvalue weighted by Gasteiger charge is -2.33. The summed E-state index contributed by atoms with van der Waals surface area (Å²) in [6, 6.07) is 15.9. The summed E-state index contributed by atoms with van der Waals surface area (Å²) in [5.41, 5.74) is 1.97. The van der Waals surface area contributed by atoms with Crippen LogP contribution in [-0.2, 0) is 4.79 Å². The van der Waals surface area contributed by atoms with Gasteiger partial charge < -0.3 is 20.3 Å². The van der Waals surface area contributed by atoms with E-state index in [9.17, 15) is 4.79 Å². The SMILES string of the molecule is O=C(Nc1ccc(OC2CCN(c3ccccc3)CC2)c(Cl)c1)[C@H]1CCCCN1. The van der Waals surface area contributed by atoms with Crippen molar-refractivity contribution in [2.24, 2.45) is 0 Å². The number of amides is 1. The van der Waals surface area contributed by atoms with E-state index < -0.39 is 0 Å². The Bertz CT molecular complexity index is 816. The van der Waals surface area contributed by atoms with Gasteiger partial charge in [0.05, 0.1) is 11.1 Å². The Morgan fingerprint density at radius 1 is 1.07 bits per heavy atom. The molecule has 29 heavy (non-hydrogen) atoms. The maximum absolute atomic E-state index is 12.4. The number of carbonyl (C=O) groups is 1. The van der Waals surface area contributed by atoms with Crippen molar-refractivity contribution in [3.05, 3.63) is 53.6 Å². The van der Waals surface area contributed by atoms with Crippen LogP contribution in [0.4, 0.5) is 11.4 Å². The molecule has 0 bridgehead atoms. The molecule has 0 saturated carbocycles. The first-order valence-electron chi connectivity index (χ1n) is 10.5. The van der Waals surface area contributed by atoms with Crippen LogP contribution in [0.5, 0.6) is 5.75 Å². The van der Waals surface area contributed by atoms with Crippen LogP contribution < -0.4 is 20.3 Å². The molecule has 154 valence electrons. The van der Waals surface area contributed by atoms with Gasteiger partial charge in [-0.15, -0.1) is 0 Å². The fourth-order valence-corrected chi connectivity index (χ4v) is 4.25. The van der Waals surface area contributed by atoms with Crippen LogP contribution in [0.1, 0.15) is 32.1 Å². The lowest BCUT2D eigenvalue weighted by atomic mass is 10.0. The average molecular weight is 414 g/mol. The Labute approximate surface area is 177 Å². The minimum Gasteiger partial charge on any atom is -0.489 e. The Balaban J connectivity index is 1.30. The molecular weight excluding hydrogens is 386 g/mol. The fraction of sp³-hybridized carbons (Fsp3) is 0.435. The molecule has 2 aromatic carbocycles. The van der Waals surface area contributed by atoms with Crippen molar-refractivity contribution in [2.75, 3.05) is 29.9 Å². The number of hydrogen-bond donors (Lipinski definition) is 2. The second kappa shape index (κ2) is 9.51. The molecule has 2 heterocycles. The summed E-state index contributed by atoms with van der Waals surface area (Å²) >= 11 is 6.44. The largest absolute Gasteiger partial charge is 0.489 e. The van der Waals surface area contributed by atoms with Gasteiger partial charge in [-0.25, -0.2) is 0 Å². The Morgan fingerprint density at radius 2 is 1.86 bits per heavy atom. The molecule has 2 aliphatic rings. The number of para-hydroxylation sites is 1. The first-order valence-corrected chi connectivity index (χ1v) is 10.9. The summed E-state index contributed by atoms with van der Waals surface area (Å²) in [7, 11) is 0. The molecular formula is C23H28ClN3O2. The maximum atomic E-state index is 12.4. The van der Waals surface area contributed by atoms with Gasteiger partial charge in [0.25, 0.3) is 0 Å². The highest BCUT2D eigenvalue weighted by molar-refractivity contribution is 6.32. The summed E-state index contributed by atoms with van der Waals surface area (Å²) < 4.78 is 6.16. The molecule has 1 atom stereocenters. The molecule has 1 amide bonds. The van der Waals surface area contributed by atoms with Gasteiger partial charge >= 0.3 is 0 Å². The van der Waals surface area contributed by atoms with E-state index in [1.54, 1.807) is 6.07 Å². The van der Waals surface area contributed by atoms with Crippen molar-refractivity contribution < 1.29 is 9.53 Å². The number of carbonyl (C=O) groups excluding carboxylic acids is 1. The molecule has 0 spiro atoms. The first-order chi connectivity index (χ1) is 14.2. The predicted octanol–water partition coefficient (Wildman–Crippen LogP) is 4.47. The summed E-state index contributed by atoms with van der Waals surface area (Å²) in [5, 5.41) is 6.75. The molecule has 5 nitrogen and oxygen atoms in total. The van der Waals surface area contributed by atoms with Gasteiger partial charge in [0.15, 0.2) is 0 Å². The zero-order chi connectivity index (χ0) is 20.1. The summed E-state index contributed by atoms with van der Waals surface area (Å²) in [6.45, 7) is 2.83. The smallest absolute Gasteiger partial charge is 0.241 e. The average Bonchev–Trinajstić information content (AvgIpc) is 2.77. The monoisotopic (exact) mass is 413 g/mol. The van der Waals surface area contributed by atoms with Crippen LogP contribution in [0.15, 0.2) is 48.5 Å². The lowest BCUT2D eigenvalue weighted by molar-refractivity contribution is -0.118. The number of rotatable bonds is 5. The van der Waals surface area contributed by atoms with Crippen LogP contribution in [0, 0.1) is 0 Å². The number of nitrogens with one attached hydrogen (secondary N) is 2. The third kappa shape index (κ3) is 5.22. The van der Waals surface area contributed by atoms with E-state index in [-0.39, 0.29) is 18.1 Å². The molecule has 2 aromatic rings. The molecule has 2 fully saturated rings. The molecule has 2 saturated heterocycles. The van der Waals surface area contributed by atoms with E-state index in [0.29, 0.717) is 16.5 Å². The lowest BCUT2D eigenvalue weighted by Crippen LogP contribution is -2.43. The summed E-state index contributed by atoms with van der Waals surface area (Å²) in [5.74, 6) is 0.682. The molecule has 2 aliphatic heterocycles. The van der Waals surface area contributed by atoms with E-state index in [4.69, 9.17) is 16.3 Å². The van der Waals surface area contributed by atoms with Gasteiger partial charge in [0, 0.05) is 37.3 Å². The quantitative estimate of drug-likeness (QED) is 0.759. The number of ether oxygens (including phenoxy) is 1. The van der Waals surface area contributed by atoms with Gasteiger partial charge in [0.2, 0.25) is 5.91 Å². The summed E-state index contributed by atoms with van der Waals surface area (Å²) in [4.78, 5) is 14.8. The van der Waals surface area contributed by atoms with Crippen molar-refractivity contribution in [3.8, 4) is 5.75 Å². The number of anilines is 2. The normalized spacial score (nSPS) is 20.3. The second-order valence-corrected chi connectivity index (χ2v) is 8.18. The standard InChI is InChI=1S/C23H28ClN3O2/c24-20-16-17(26-23(28)21-8-4-5-13-25-21)9-10-22(20)29-19-11-14-27(15-12-19)18-6-2-1-3-7-18/h1-3,6-7,9-10,16,19,21,25H,4-5,8,11-15H2,(H,26,28)/t21-/m1/s1. The van der Waals surface area contributed by atoms with E-state index in [1.807, 2.05) is 18.2 Å². The summed E-state index contributed by atoms with van der Waals surface area (Å²) in [6.07, 6.45) is 5.16. The molecule has 6 heteroatoms. The number of halogens is 1. The molecule has 0 aliphatic carbocycles. The Hall–Kier alpha value is -2.24. The number of piperidine rings is 2. The zero-order valence-corrected chi connectivity index (χ0v) is 17.3. The van der Waals surface area contributed by atoms with E-state index in [2.05, 4.69) is 39.8 Å². The van der Waals surface area contributed by atoms with Crippen molar-refractivity contribution in [1.82, 2.24) is 5.32 Å². The Morgan fingerprint density at radius 3 is 2.55 bits per heavy atom. The Kier molecular flexibility index (Phi) is 6.57. The predicted molar refractivity (Wildman–Crippen MR) is 118 cm³/mol. The van der Waals surface area contributed by atoms with Gasteiger partial charge in [-0.3, -0.25) is 4.79 Å². The molecule has 2 N–H and O–H groups in total. The van der Waals surface area contributed by atoms with Gasteiger partial charge in [0.1, 0.15) is 11.9 Å². The number of benzene rings is 2. The van der Waals surface area contributed by atoms with Crippen LogP contribution in [0.2, 0.25) is 5.02 Å². The highest BCUT2D eigenvalue weighted by Gasteiger charge is 2.23.